The summed E-state index contributed by atoms with van der Waals surface area (Å²) >= 11 is 1.41. The Morgan fingerprint density at radius 3 is 2.49 bits per heavy atom. The Kier molecular flexibility index (Phi) is 10.5. The number of nitrogens with zero attached hydrogens (tertiary/aromatic N) is 3. The van der Waals surface area contributed by atoms with Crippen molar-refractivity contribution in [3.8, 4) is 0 Å². The Labute approximate surface area is 227 Å². The highest BCUT2D eigenvalue weighted by Crippen LogP contribution is 2.28. The molecule has 7 nitrogen and oxygen atoms in total. The van der Waals surface area contributed by atoms with Gasteiger partial charge in [-0.1, -0.05) is 35.9 Å². The van der Waals surface area contributed by atoms with E-state index < -0.39 is 11.0 Å². The number of rotatable bonds is 6. The topological polar surface area (TPSA) is 95.9 Å². The molecule has 1 amide bonds. The second-order valence-electron chi connectivity index (χ2n) is 9.05. The molecule has 4 N–H and O–H groups in total. The van der Waals surface area contributed by atoms with Gasteiger partial charge >= 0.3 is 0 Å². The summed E-state index contributed by atoms with van der Waals surface area (Å²) in [6.07, 6.45) is 9.41. The lowest BCUT2D eigenvalue weighted by atomic mass is 10.0. The van der Waals surface area contributed by atoms with Gasteiger partial charge in [-0.2, -0.15) is 0 Å². The van der Waals surface area contributed by atoms with Crippen molar-refractivity contribution in [3.05, 3.63) is 95.2 Å². The molecule has 2 aromatic rings. The summed E-state index contributed by atoms with van der Waals surface area (Å²) in [7, 11) is -1.32. The molecule has 1 fully saturated rings. The molecule has 2 unspecified atom stereocenters. The molecule has 1 aromatic heterocycles. The van der Waals surface area contributed by atoms with Gasteiger partial charge in [-0.05, 0) is 64.0 Å². The highest BCUT2D eigenvalue weighted by Gasteiger charge is 2.31. The lowest BCUT2D eigenvalue weighted by Crippen LogP contribution is -2.53. The van der Waals surface area contributed by atoms with Crippen LogP contribution in [0, 0.1) is 0 Å². The van der Waals surface area contributed by atoms with Crippen molar-refractivity contribution in [2.75, 3.05) is 19.6 Å². The molecule has 1 saturated heterocycles. The number of carbonyl (C=O) groups excluding carboxylic acids is 1. The van der Waals surface area contributed by atoms with E-state index in [1.807, 2.05) is 71.6 Å². The van der Waals surface area contributed by atoms with Crippen LogP contribution < -0.4 is 11.6 Å². The van der Waals surface area contributed by atoms with E-state index in [-0.39, 0.29) is 11.9 Å². The Morgan fingerprint density at radius 2 is 1.86 bits per heavy atom. The molecule has 2 heterocycles. The van der Waals surface area contributed by atoms with Gasteiger partial charge in [0.15, 0.2) is 0 Å². The number of amides is 1. The molecule has 198 valence electrons. The van der Waals surface area contributed by atoms with Crippen LogP contribution in [-0.2, 0) is 11.0 Å². The zero-order valence-electron chi connectivity index (χ0n) is 21.8. The summed E-state index contributed by atoms with van der Waals surface area (Å²) in [6, 6.07) is 13.0. The van der Waals surface area contributed by atoms with E-state index in [1.54, 1.807) is 17.3 Å². The minimum Gasteiger partial charge on any atom is -0.396 e. The third kappa shape index (κ3) is 7.52. The zero-order valence-corrected chi connectivity index (χ0v) is 23.4. The Morgan fingerprint density at radius 1 is 1.16 bits per heavy atom. The molecule has 1 aromatic carbocycles. The average molecular weight is 540 g/mol. The number of thiophene rings is 1. The van der Waals surface area contributed by atoms with Crippen molar-refractivity contribution < 1.29 is 9.00 Å². The molecule has 4 rings (SSSR count). The molecule has 0 saturated carbocycles. The van der Waals surface area contributed by atoms with Gasteiger partial charge in [-0.15, -0.1) is 17.9 Å². The minimum absolute atomic E-state index is 0.0132. The van der Waals surface area contributed by atoms with Gasteiger partial charge < -0.3 is 10.6 Å². The van der Waals surface area contributed by atoms with Crippen LogP contribution in [0.4, 0.5) is 0 Å². The maximum atomic E-state index is 13.3. The maximum absolute atomic E-state index is 13.3. The molecule has 1 aliphatic carbocycles. The molecular weight excluding hydrogens is 502 g/mol. The number of carbonyl (C=O) groups is 1. The maximum Gasteiger partial charge on any atom is 0.253 e. The zero-order chi connectivity index (χ0) is 26.9. The van der Waals surface area contributed by atoms with Crippen LogP contribution in [0.15, 0.2) is 89.0 Å². The van der Waals surface area contributed by atoms with Crippen LogP contribution in [0.1, 0.15) is 48.8 Å². The lowest BCUT2D eigenvalue weighted by Gasteiger charge is -2.38. The number of nitrogens with two attached hydrogens (primary N) is 2. The summed E-state index contributed by atoms with van der Waals surface area (Å²) in [5, 5.41) is 1.57. The molecule has 2 aliphatic rings. The largest absolute Gasteiger partial charge is 0.396 e. The summed E-state index contributed by atoms with van der Waals surface area (Å²) < 4.78 is 16.0. The number of hydrogen-bond acceptors (Lipinski definition) is 6. The van der Waals surface area contributed by atoms with Gasteiger partial charge in [0.1, 0.15) is 15.2 Å². The number of piperazine rings is 1. The first-order valence-corrected chi connectivity index (χ1v) is 14.2. The first-order chi connectivity index (χ1) is 17.7. The molecular formula is C28H37N5O2S2. The summed E-state index contributed by atoms with van der Waals surface area (Å²) in [4.78, 5) is 15.4. The van der Waals surface area contributed by atoms with Crippen LogP contribution in [0.3, 0.4) is 0 Å². The Balaban J connectivity index is 0.00000121. The van der Waals surface area contributed by atoms with Crippen molar-refractivity contribution in [1.29, 1.82) is 0 Å². The van der Waals surface area contributed by atoms with Crippen molar-refractivity contribution >= 4 is 33.9 Å². The highest BCUT2D eigenvalue weighted by molar-refractivity contribution is 7.85. The predicted octanol–water partition coefficient (Wildman–Crippen LogP) is 4.87. The fourth-order valence-electron chi connectivity index (χ4n) is 4.06. The van der Waals surface area contributed by atoms with Gasteiger partial charge in [0.2, 0.25) is 0 Å². The standard InChI is InChI=1S/C25H31N5O2S2.C3H6/c1-18-8-10-21(11-9-18)29(27)17-22(26)23-12-13-24(33-23)34(32)30-15-14-28(16-19(30)2)25(31)20-6-4-3-5-7-20;1-3-2/h3-8,10,12-13,17,19H,9,11,14-16,26-27H2,1-2H3;3H,1H2,2H3/b22-17-;. The SMILES string of the molecule is C=CC.CC1=CC=C(N(N)/C=C(\N)c2ccc(S(=O)N3CCN(C(=O)c4ccccc4)CC3C)s2)CC1. The van der Waals surface area contributed by atoms with E-state index in [4.69, 9.17) is 11.6 Å². The Bertz CT molecular complexity index is 1200. The number of benzene rings is 1. The third-order valence-corrected chi connectivity index (χ3v) is 9.13. The summed E-state index contributed by atoms with van der Waals surface area (Å²) in [5.41, 5.74) is 9.86. The number of hydrogen-bond donors (Lipinski definition) is 2. The van der Waals surface area contributed by atoms with E-state index in [1.165, 1.54) is 16.9 Å². The van der Waals surface area contributed by atoms with Crippen LogP contribution in [0.5, 0.6) is 0 Å². The molecule has 0 spiro atoms. The quantitative estimate of drug-likeness (QED) is 0.310. The first kappa shape index (κ1) is 28.6. The molecule has 1 aliphatic heterocycles. The molecule has 2 atom stereocenters. The van der Waals surface area contributed by atoms with Crippen LogP contribution >= 0.6 is 11.3 Å². The lowest BCUT2D eigenvalue weighted by molar-refractivity contribution is 0.0648. The molecule has 37 heavy (non-hydrogen) atoms. The number of allylic oxidation sites excluding steroid dienone is 5. The Hall–Kier alpha value is -2.98. The second-order valence-corrected chi connectivity index (χ2v) is 11.8. The highest BCUT2D eigenvalue weighted by atomic mass is 32.2. The number of hydrazine groups is 1. The van der Waals surface area contributed by atoms with Crippen LogP contribution in [0.2, 0.25) is 0 Å². The monoisotopic (exact) mass is 539 g/mol. The van der Waals surface area contributed by atoms with E-state index in [0.29, 0.717) is 30.9 Å². The second kappa shape index (κ2) is 13.5. The van der Waals surface area contributed by atoms with Crippen molar-refractivity contribution in [3.63, 3.8) is 0 Å². The van der Waals surface area contributed by atoms with Crippen molar-refractivity contribution in [1.82, 2.24) is 14.2 Å². The van der Waals surface area contributed by atoms with Crippen molar-refractivity contribution in [2.45, 2.75) is 43.9 Å². The molecule has 9 heteroatoms. The minimum atomic E-state index is -1.32. The fraction of sp³-hybridized carbons (Fsp3) is 0.321. The molecule has 0 bridgehead atoms. The van der Waals surface area contributed by atoms with Crippen LogP contribution in [0.25, 0.3) is 5.70 Å². The summed E-state index contributed by atoms with van der Waals surface area (Å²) in [6.45, 7) is 11.0. The molecule has 0 radical (unpaired) electrons. The van der Waals surface area contributed by atoms with E-state index >= 15 is 0 Å². The summed E-state index contributed by atoms with van der Waals surface area (Å²) in [5.74, 6) is 6.21. The van der Waals surface area contributed by atoms with Crippen molar-refractivity contribution in [2.24, 2.45) is 11.6 Å². The van der Waals surface area contributed by atoms with E-state index in [9.17, 15) is 9.00 Å². The van der Waals surface area contributed by atoms with Gasteiger partial charge in [0.25, 0.3) is 5.91 Å². The van der Waals surface area contributed by atoms with Gasteiger partial charge in [0.05, 0.1) is 10.6 Å². The predicted molar refractivity (Wildman–Crippen MR) is 154 cm³/mol. The fourth-order valence-corrected chi connectivity index (χ4v) is 6.62. The average Bonchev–Trinajstić information content (AvgIpc) is 3.40. The van der Waals surface area contributed by atoms with E-state index in [0.717, 1.165) is 27.6 Å². The first-order valence-electron chi connectivity index (χ1n) is 12.3. The third-order valence-electron chi connectivity index (χ3n) is 6.07. The van der Waals surface area contributed by atoms with Gasteiger partial charge in [0, 0.05) is 43.1 Å². The van der Waals surface area contributed by atoms with Gasteiger partial charge in [-0.25, -0.2) is 14.4 Å². The van der Waals surface area contributed by atoms with Gasteiger partial charge in [-0.3, -0.25) is 9.80 Å². The van der Waals surface area contributed by atoms with Crippen LogP contribution in [-0.4, -0.2) is 50.0 Å². The normalized spacial score (nSPS) is 19.2. The van der Waals surface area contributed by atoms with E-state index in [2.05, 4.69) is 19.6 Å². The smallest absolute Gasteiger partial charge is 0.253 e.